The molecule has 9 heavy (non-hydrogen) atoms. The predicted octanol–water partition coefficient (Wildman–Crippen LogP) is -0.0976. The summed E-state index contributed by atoms with van der Waals surface area (Å²) in [5, 5.41) is 5.67. The second kappa shape index (κ2) is 5.27. The molecular formula is C4H5ClN2O2. The van der Waals surface area contributed by atoms with Gasteiger partial charge in [-0.1, -0.05) is 0 Å². The van der Waals surface area contributed by atoms with E-state index in [1.165, 1.54) is 12.3 Å². The largest absolute Gasteiger partial charge is 0.295 e. The molecule has 0 aliphatic carbocycles. The number of nitrogens with zero attached hydrogens (tertiary/aromatic N) is 1. The Balaban J connectivity index is 0.000000291. The van der Waals surface area contributed by atoms with Gasteiger partial charge in [0.15, 0.2) is 0 Å². The summed E-state index contributed by atoms with van der Waals surface area (Å²) in [5.74, 6) is 0. The Morgan fingerprint density at radius 1 is 1.67 bits per heavy atom. The van der Waals surface area contributed by atoms with Crippen molar-refractivity contribution in [2.75, 3.05) is 0 Å². The number of aromatic amines is 1. The van der Waals surface area contributed by atoms with E-state index in [1.807, 2.05) is 0 Å². The van der Waals surface area contributed by atoms with Gasteiger partial charge in [-0.05, 0) is 6.07 Å². The highest BCUT2D eigenvalue weighted by Crippen LogP contribution is 1.60. The third kappa shape index (κ3) is 3.69. The first-order chi connectivity index (χ1) is 4.39. The molecule has 0 aliphatic rings. The summed E-state index contributed by atoms with van der Waals surface area (Å²) in [7, 11) is 0. The first-order valence-corrected chi connectivity index (χ1v) is 2.40. The second-order valence-corrected chi connectivity index (χ2v) is 1.11. The van der Waals surface area contributed by atoms with Crippen molar-refractivity contribution < 1.29 is 4.66 Å². The zero-order chi connectivity index (χ0) is 7.11. The Labute approximate surface area is 56.3 Å². The van der Waals surface area contributed by atoms with Gasteiger partial charge in [-0.15, -0.1) is 0 Å². The molecule has 0 aromatic carbocycles. The average Bonchev–Trinajstić information content (AvgIpc) is 1.94. The molecule has 0 saturated carbocycles. The van der Waals surface area contributed by atoms with Crippen molar-refractivity contribution in [3.05, 3.63) is 28.7 Å². The molecule has 0 saturated heterocycles. The predicted molar refractivity (Wildman–Crippen MR) is 32.9 cm³/mol. The summed E-state index contributed by atoms with van der Waals surface area (Å²) in [4.78, 5) is 10.2. The van der Waals surface area contributed by atoms with Gasteiger partial charge in [0.1, 0.15) is 0 Å². The van der Waals surface area contributed by atoms with Crippen molar-refractivity contribution in [2.24, 2.45) is 0 Å². The Kier molecular flexibility index (Phi) is 4.76. The van der Waals surface area contributed by atoms with E-state index in [-0.39, 0.29) is 5.56 Å². The van der Waals surface area contributed by atoms with Crippen molar-refractivity contribution in [1.29, 1.82) is 0 Å². The second-order valence-electron chi connectivity index (χ2n) is 1.11. The first kappa shape index (κ1) is 8.13. The van der Waals surface area contributed by atoms with Crippen molar-refractivity contribution in [3.63, 3.8) is 0 Å². The molecule has 5 heteroatoms. The molecule has 0 atom stereocenters. The van der Waals surface area contributed by atoms with Crippen LogP contribution in [0.2, 0.25) is 0 Å². The quantitative estimate of drug-likeness (QED) is 0.540. The molecule has 1 heterocycles. The van der Waals surface area contributed by atoms with Crippen LogP contribution in [-0.2, 0) is 0 Å². The third-order valence-electron chi connectivity index (χ3n) is 0.583. The molecule has 50 valence electrons. The van der Waals surface area contributed by atoms with Crippen molar-refractivity contribution >= 4 is 11.9 Å². The van der Waals surface area contributed by atoms with Crippen LogP contribution in [0.25, 0.3) is 0 Å². The zero-order valence-corrected chi connectivity index (χ0v) is 5.17. The third-order valence-corrected chi connectivity index (χ3v) is 0.583. The van der Waals surface area contributed by atoms with Crippen LogP contribution >= 0.6 is 11.9 Å². The van der Waals surface area contributed by atoms with Crippen molar-refractivity contribution in [2.45, 2.75) is 0 Å². The lowest BCUT2D eigenvalue weighted by atomic mass is 10.6. The van der Waals surface area contributed by atoms with E-state index in [0.717, 1.165) is 0 Å². The number of hydrogen-bond donors (Lipinski definition) is 2. The standard InChI is InChI=1S/C4H4N2O.ClHO/c7-4-2-1-3-5-6-4;1-2/h1-3H,(H,6,7);2H. The average molecular weight is 149 g/mol. The van der Waals surface area contributed by atoms with Gasteiger partial charge in [0.25, 0.3) is 5.56 Å². The van der Waals surface area contributed by atoms with Gasteiger partial charge < -0.3 is 0 Å². The van der Waals surface area contributed by atoms with E-state index in [9.17, 15) is 4.79 Å². The van der Waals surface area contributed by atoms with Crippen molar-refractivity contribution in [1.82, 2.24) is 10.2 Å². The lowest BCUT2D eigenvalue weighted by Crippen LogP contribution is -2.02. The van der Waals surface area contributed by atoms with Crippen LogP contribution in [-0.4, -0.2) is 14.9 Å². The van der Waals surface area contributed by atoms with E-state index in [2.05, 4.69) is 22.1 Å². The summed E-state index contributed by atoms with van der Waals surface area (Å²) in [6.45, 7) is 0. The molecule has 4 nitrogen and oxygen atoms in total. The van der Waals surface area contributed by atoms with E-state index in [0.29, 0.717) is 0 Å². The summed E-state index contributed by atoms with van der Waals surface area (Å²) in [6, 6.07) is 2.99. The normalized spacial score (nSPS) is 7.33. The maximum absolute atomic E-state index is 10.2. The number of hydrogen-bond acceptors (Lipinski definition) is 3. The maximum atomic E-state index is 10.2. The minimum atomic E-state index is -0.164. The van der Waals surface area contributed by atoms with Gasteiger partial charge in [-0.2, -0.15) is 5.10 Å². The summed E-state index contributed by atoms with van der Waals surface area (Å²) in [5.41, 5.74) is -0.164. The Morgan fingerprint density at radius 3 is 2.56 bits per heavy atom. The molecular weight excluding hydrogens is 144 g/mol. The van der Waals surface area contributed by atoms with Crippen LogP contribution in [0.1, 0.15) is 0 Å². The molecule has 0 spiro atoms. The molecule has 1 aromatic heterocycles. The summed E-state index contributed by atoms with van der Waals surface area (Å²) >= 11 is 3.64. The molecule has 0 bridgehead atoms. The lowest BCUT2D eigenvalue weighted by molar-refractivity contribution is 0.632. The molecule has 0 fully saturated rings. The monoisotopic (exact) mass is 148 g/mol. The van der Waals surface area contributed by atoms with E-state index in [4.69, 9.17) is 4.66 Å². The van der Waals surface area contributed by atoms with Crippen LogP contribution in [0.5, 0.6) is 0 Å². The highest BCUT2D eigenvalue weighted by molar-refractivity contribution is 6.04. The van der Waals surface area contributed by atoms with Gasteiger partial charge >= 0.3 is 0 Å². The molecule has 2 N–H and O–H groups in total. The lowest BCUT2D eigenvalue weighted by Gasteiger charge is -1.72. The summed E-state index contributed by atoms with van der Waals surface area (Å²) in [6.07, 6.45) is 1.52. The fraction of sp³-hybridized carbons (Fsp3) is 0. The minimum absolute atomic E-state index is 0.164. The van der Waals surface area contributed by atoms with Crippen LogP contribution in [0.4, 0.5) is 0 Å². The number of rotatable bonds is 0. The smallest absolute Gasteiger partial charge is 0.264 e. The van der Waals surface area contributed by atoms with Crippen LogP contribution in [0.3, 0.4) is 0 Å². The minimum Gasteiger partial charge on any atom is -0.295 e. The fourth-order valence-electron chi connectivity index (χ4n) is 0.312. The zero-order valence-electron chi connectivity index (χ0n) is 4.41. The highest BCUT2D eigenvalue weighted by Gasteiger charge is 1.70. The van der Waals surface area contributed by atoms with Gasteiger partial charge in [-0.3, -0.25) is 9.45 Å². The van der Waals surface area contributed by atoms with E-state index < -0.39 is 0 Å². The number of H-pyrrole nitrogens is 1. The molecule has 1 rings (SSSR count). The van der Waals surface area contributed by atoms with Crippen LogP contribution in [0.15, 0.2) is 23.1 Å². The van der Waals surface area contributed by atoms with Crippen molar-refractivity contribution in [3.8, 4) is 0 Å². The van der Waals surface area contributed by atoms with Crippen LogP contribution in [0, 0.1) is 0 Å². The maximum Gasteiger partial charge on any atom is 0.264 e. The van der Waals surface area contributed by atoms with Crippen LogP contribution < -0.4 is 5.56 Å². The van der Waals surface area contributed by atoms with E-state index >= 15 is 0 Å². The molecule has 0 aliphatic heterocycles. The SMILES string of the molecule is O=c1cccn[nH]1.OCl. The number of aromatic nitrogens is 2. The van der Waals surface area contributed by atoms with E-state index in [1.54, 1.807) is 6.07 Å². The Morgan fingerprint density at radius 2 is 2.33 bits per heavy atom. The Bertz CT molecular complexity index is 182. The molecule has 0 unspecified atom stereocenters. The van der Waals surface area contributed by atoms with Gasteiger partial charge in [0.2, 0.25) is 0 Å². The van der Waals surface area contributed by atoms with Gasteiger partial charge in [-0.25, -0.2) is 5.10 Å². The fourth-order valence-corrected chi connectivity index (χ4v) is 0.312. The number of halogens is 1. The molecule has 0 amide bonds. The van der Waals surface area contributed by atoms with Gasteiger partial charge in [0.05, 0.1) is 11.9 Å². The molecule has 1 aromatic rings. The molecule has 0 radical (unpaired) electrons. The van der Waals surface area contributed by atoms with Gasteiger partial charge in [0, 0.05) is 12.3 Å². The first-order valence-electron chi connectivity index (χ1n) is 2.06. The number of nitrogens with one attached hydrogen (secondary N) is 1. The summed E-state index contributed by atoms with van der Waals surface area (Å²) < 4.78 is 6.47. The topological polar surface area (TPSA) is 66.0 Å². The Hall–Kier alpha value is -0.870. The highest BCUT2D eigenvalue weighted by atomic mass is 35.5.